The second-order valence-corrected chi connectivity index (χ2v) is 3.74. The topological polar surface area (TPSA) is 75.4 Å². The molecule has 0 radical (unpaired) electrons. The van der Waals surface area contributed by atoms with Gasteiger partial charge in [-0.2, -0.15) is 0 Å². The summed E-state index contributed by atoms with van der Waals surface area (Å²) in [7, 11) is 0. The number of aliphatic hydroxyl groups excluding tert-OH is 1. The molecule has 0 aliphatic heterocycles. The predicted molar refractivity (Wildman–Crippen MR) is 62.9 cm³/mol. The molecule has 1 aromatic rings. The van der Waals surface area contributed by atoms with Crippen LogP contribution in [0.1, 0.15) is 13.3 Å². The molecule has 2 N–H and O–H groups in total. The molecule has 0 bridgehead atoms. The number of aliphatic hydroxyl groups is 1. The fourth-order valence-corrected chi connectivity index (χ4v) is 1.44. The van der Waals surface area contributed by atoms with Crippen LogP contribution in [-0.2, 0) is 0 Å². The van der Waals surface area contributed by atoms with Gasteiger partial charge in [-0.05, 0) is 12.5 Å². The number of rotatable bonds is 5. The zero-order valence-corrected chi connectivity index (χ0v) is 9.57. The molecule has 5 nitrogen and oxygen atoms in total. The highest BCUT2D eigenvalue weighted by Crippen LogP contribution is 2.31. The van der Waals surface area contributed by atoms with E-state index in [9.17, 15) is 15.2 Å². The van der Waals surface area contributed by atoms with Crippen molar-refractivity contribution < 1.29 is 10.0 Å². The molecule has 1 unspecified atom stereocenters. The van der Waals surface area contributed by atoms with Crippen molar-refractivity contribution in [2.45, 2.75) is 19.4 Å². The summed E-state index contributed by atoms with van der Waals surface area (Å²) in [5.41, 5.74) is 0.164. The molecule has 0 aliphatic rings. The average molecular weight is 245 g/mol. The first-order valence-electron chi connectivity index (χ1n) is 4.91. The molecule has 0 aromatic heterocycles. The Hall–Kier alpha value is -1.33. The van der Waals surface area contributed by atoms with Gasteiger partial charge in [-0.3, -0.25) is 10.1 Å². The molecule has 6 heteroatoms. The normalized spacial score (nSPS) is 12.2. The van der Waals surface area contributed by atoms with Crippen molar-refractivity contribution in [3.8, 4) is 0 Å². The molecule has 0 spiro atoms. The molecule has 88 valence electrons. The van der Waals surface area contributed by atoms with Crippen LogP contribution in [0.2, 0.25) is 5.02 Å². The van der Waals surface area contributed by atoms with Gasteiger partial charge >= 0.3 is 0 Å². The molecule has 0 saturated carbocycles. The fourth-order valence-electron chi connectivity index (χ4n) is 1.20. The Morgan fingerprint density at radius 3 is 2.88 bits per heavy atom. The van der Waals surface area contributed by atoms with Crippen molar-refractivity contribution >= 4 is 23.0 Å². The van der Waals surface area contributed by atoms with Gasteiger partial charge in [-0.1, -0.05) is 24.6 Å². The third-order valence-corrected chi connectivity index (χ3v) is 2.49. The van der Waals surface area contributed by atoms with Crippen LogP contribution < -0.4 is 5.32 Å². The number of benzene rings is 1. The molecule has 1 aromatic carbocycles. The molecule has 0 fully saturated rings. The van der Waals surface area contributed by atoms with Crippen LogP contribution in [0, 0.1) is 10.1 Å². The van der Waals surface area contributed by atoms with Crippen LogP contribution in [0.4, 0.5) is 11.4 Å². The predicted octanol–water partition coefficient (Wildman–Crippen LogP) is 2.43. The van der Waals surface area contributed by atoms with Crippen LogP contribution in [0.15, 0.2) is 18.2 Å². The van der Waals surface area contributed by atoms with Crippen LogP contribution in [0.3, 0.4) is 0 Å². The monoisotopic (exact) mass is 244 g/mol. The van der Waals surface area contributed by atoms with Crippen LogP contribution in [-0.4, -0.2) is 22.7 Å². The summed E-state index contributed by atoms with van der Waals surface area (Å²) in [6.45, 7) is 2.06. The lowest BCUT2D eigenvalue weighted by Crippen LogP contribution is -2.18. The van der Waals surface area contributed by atoms with Gasteiger partial charge in [0.05, 0.1) is 16.0 Å². The van der Waals surface area contributed by atoms with E-state index in [1.807, 2.05) is 6.92 Å². The molecule has 0 amide bonds. The fraction of sp³-hybridized carbons (Fsp3) is 0.400. The van der Waals surface area contributed by atoms with Crippen molar-refractivity contribution in [1.29, 1.82) is 0 Å². The third kappa shape index (κ3) is 3.08. The Morgan fingerprint density at radius 1 is 1.62 bits per heavy atom. The minimum Gasteiger partial charge on any atom is -0.391 e. The quantitative estimate of drug-likeness (QED) is 0.616. The minimum absolute atomic E-state index is 0.0872. The van der Waals surface area contributed by atoms with E-state index in [1.54, 1.807) is 6.07 Å². The van der Waals surface area contributed by atoms with Crippen LogP contribution in [0.5, 0.6) is 0 Å². The van der Waals surface area contributed by atoms with Gasteiger partial charge < -0.3 is 10.4 Å². The maximum Gasteiger partial charge on any atom is 0.293 e. The van der Waals surface area contributed by atoms with E-state index in [0.29, 0.717) is 6.42 Å². The molecule has 1 atom stereocenters. The summed E-state index contributed by atoms with van der Waals surface area (Å²) in [6.07, 6.45) is 0.0292. The van der Waals surface area contributed by atoms with Gasteiger partial charge in [0.1, 0.15) is 5.69 Å². The summed E-state index contributed by atoms with van der Waals surface area (Å²) in [5.74, 6) is 0. The first-order chi connectivity index (χ1) is 7.56. The Morgan fingerprint density at radius 2 is 2.31 bits per heavy atom. The number of nitro groups is 1. The van der Waals surface area contributed by atoms with Gasteiger partial charge in [-0.15, -0.1) is 0 Å². The average Bonchev–Trinajstić information content (AvgIpc) is 2.26. The standard InChI is InChI=1S/C10H13ClN2O3/c1-2-7(14)6-12-10-8(11)4-3-5-9(10)13(15)16/h3-5,7,12,14H,2,6H2,1H3. The smallest absolute Gasteiger partial charge is 0.293 e. The lowest BCUT2D eigenvalue weighted by atomic mass is 10.2. The second kappa shape index (κ2) is 5.67. The van der Waals surface area contributed by atoms with Gasteiger partial charge in [0, 0.05) is 12.6 Å². The van der Waals surface area contributed by atoms with Crippen LogP contribution in [0.25, 0.3) is 0 Å². The maximum absolute atomic E-state index is 10.7. The number of anilines is 1. The maximum atomic E-state index is 10.7. The Kier molecular flexibility index (Phi) is 4.52. The summed E-state index contributed by atoms with van der Waals surface area (Å²) in [4.78, 5) is 10.2. The van der Waals surface area contributed by atoms with Crippen molar-refractivity contribution in [3.05, 3.63) is 33.3 Å². The Labute approximate surface area is 98.2 Å². The van der Waals surface area contributed by atoms with Crippen molar-refractivity contribution in [3.63, 3.8) is 0 Å². The van der Waals surface area contributed by atoms with E-state index in [2.05, 4.69) is 5.32 Å². The molecule has 0 heterocycles. The van der Waals surface area contributed by atoms with E-state index in [-0.39, 0.29) is 22.9 Å². The second-order valence-electron chi connectivity index (χ2n) is 3.33. The Bertz CT molecular complexity index is 384. The molecule has 0 aliphatic carbocycles. The molecule has 1 rings (SSSR count). The Balaban J connectivity index is 2.88. The van der Waals surface area contributed by atoms with E-state index >= 15 is 0 Å². The van der Waals surface area contributed by atoms with E-state index < -0.39 is 11.0 Å². The largest absolute Gasteiger partial charge is 0.391 e. The lowest BCUT2D eigenvalue weighted by molar-refractivity contribution is -0.383. The van der Waals surface area contributed by atoms with Gasteiger partial charge in [0.15, 0.2) is 0 Å². The van der Waals surface area contributed by atoms with E-state index in [0.717, 1.165) is 0 Å². The van der Waals surface area contributed by atoms with Crippen molar-refractivity contribution in [2.24, 2.45) is 0 Å². The zero-order valence-electron chi connectivity index (χ0n) is 8.81. The number of hydrogen-bond donors (Lipinski definition) is 2. The molecular formula is C10H13ClN2O3. The van der Waals surface area contributed by atoms with Crippen molar-refractivity contribution in [2.75, 3.05) is 11.9 Å². The summed E-state index contributed by atoms with van der Waals surface area (Å²) in [5, 5.41) is 23.2. The van der Waals surface area contributed by atoms with Gasteiger partial charge in [-0.25, -0.2) is 0 Å². The van der Waals surface area contributed by atoms with Gasteiger partial charge in [0.25, 0.3) is 5.69 Å². The first kappa shape index (κ1) is 12.7. The number of hydrogen-bond acceptors (Lipinski definition) is 4. The zero-order chi connectivity index (χ0) is 12.1. The van der Waals surface area contributed by atoms with Crippen molar-refractivity contribution in [1.82, 2.24) is 0 Å². The highest BCUT2D eigenvalue weighted by molar-refractivity contribution is 6.33. The number of para-hydroxylation sites is 1. The van der Waals surface area contributed by atoms with E-state index in [4.69, 9.17) is 11.6 Å². The third-order valence-electron chi connectivity index (χ3n) is 2.17. The highest BCUT2D eigenvalue weighted by Gasteiger charge is 2.16. The number of nitro benzene ring substituents is 1. The number of nitrogens with one attached hydrogen (secondary N) is 1. The first-order valence-corrected chi connectivity index (χ1v) is 5.29. The minimum atomic E-state index is -0.545. The summed E-state index contributed by atoms with van der Waals surface area (Å²) >= 11 is 5.85. The molecular weight excluding hydrogens is 232 g/mol. The molecule has 0 saturated heterocycles. The number of nitrogens with zero attached hydrogens (tertiary/aromatic N) is 1. The SMILES string of the molecule is CCC(O)CNc1c(Cl)cccc1[N+](=O)[O-]. The summed E-state index contributed by atoms with van der Waals surface area (Å²) < 4.78 is 0. The highest BCUT2D eigenvalue weighted by atomic mass is 35.5. The number of halogens is 1. The van der Waals surface area contributed by atoms with E-state index in [1.165, 1.54) is 12.1 Å². The lowest BCUT2D eigenvalue weighted by Gasteiger charge is -2.11. The van der Waals surface area contributed by atoms with Gasteiger partial charge in [0.2, 0.25) is 0 Å². The summed E-state index contributed by atoms with van der Waals surface area (Å²) in [6, 6.07) is 4.45. The van der Waals surface area contributed by atoms with Crippen LogP contribution >= 0.6 is 11.6 Å². The molecule has 16 heavy (non-hydrogen) atoms.